The number of nitrogens with one attached hydrogen (secondary N) is 2. The standard InChI is InChI=1S/C23H28N6O2/c24-14-6-10-18(25)22(30)26-20(13-12-16-7-2-1-3-8-16)23(31)27-21-15-17-9-4-5-11-19(17)28-29-21/h1-5,7-9,11,15,18,20H,6,10,12-14,24-25H2,(H,26,30)(H,27,29,31)/t18-,20+/m0/s1. The Morgan fingerprint density at radius 2 is 1.68 bits per heavy atom. The number of nitrogens with zero attached hydrogens (tertiary/aromatic N) is 2. The van der Waals surface area contributed by atoms with Crippen LogP contribution in [-0.2, 0) is 16.0 Å². The van der Waals surface area contributed by atoms with E-state index in [1.165, 1.54) is 0 Å². The molecular weight excluding hydrogens is 392 g/mol. The third kappa shape index (κ3) is 6.56. The molecule has 0 aliphatic rings. The Kier molecular flexibility index (Phi) is 8.03. The summed E-state index contributed by atoms with van der Waals surface area (Å²) in [4.78, 5) is 25.5. The number of aromatic nitrogens is 2. The van der Waals surface area contributed by atoms with E-state index in [4.69, 9.17) is 11.5 Å². The maximum Gasteiger partial charge on any atom is 0.248 e. The smallest absolute Gasteiger partial charge is 0.248 e. The molecule has 0 saturated heterocycles. The molecule has 1 aromatic heterocycles. The van der Waals surface area contributed by atoms with Gasteiger partial charge in [0, 0.05) is 5.39 Å². The summed E-state index contributed by atoms with van der Waals surface area (Å²) in [6, 6.07) is 17.6. The van der Waals surface area contributed by atoms with Gasteiger partial charge in [-0.05, 0) is 49.9 Å². The quantitative estimate of drug-likeness (QED) is 0.394. The topological polar surface area (TPSA) is 136 Å². The lowest BCUT2D eigenvalue weighted by atomic mass is 10.0. The number of hydrogen-bond donors (Lipinski definition) is 4. The number of nitrogens with two attached hydrogens (primary N) is 2. The Labute approximate surface area is 181 Å². The molecule has 1 heterocycles. The number of fused-ring (bicyclic) bond motifs is 1. The van der Waals surface area contributed by atoms with E-state index < -0.39 is 12.1 Å². The number of amides is 2. The minimum atomic E-state index is -0.759. The van der Waals surface area contributed by atoms with Crippen molar-refractivity contribution in [2.75, 3.05) is 11.9 Å². The van der Waals surface area contributed by atoms with Crippen molar-refractivity contribution in [3.8, 4) is 0 Å². The van der Waals surface area contributed by atoms with Gasteiger partial charge in [-0.1, -0.05) is 48.5 Å². The van der Waals surface area contributed by atoms with Crippen molar-refractivity contribution in [3.63, 3.8) is 0 Å². The molecule has 0 saturated carbocycles. The van der Waals surface area contributed by atoms with Crippen LogP contribution in [0.1, 0.15) is 24.8 Å². The van der Waals surface area contributed by atoms with Crippen molar-refractivity contribution in [2.24, 2.45) is 11.5 Å². The van der Waals surface area contributed by atoms with E-state index >= 15 is 0 Å². The molecule has 0 spiro atoms. The predicted octanol–water partition coefficient (Wildman–Crippen LogP) is 1.75. The van der Waals surface area contributed by atoms with Gasteiger partial charge in [0.1, 0.15) is 6.04 Å². The zero-order valence-electron chi connectivity index (χ0n) is 17.3. The van der Waals surface area contributed by atoms with Crippen LogP contribution in [-0.4, -0.2) is 40.6 Å². The Bertz CT molecular complexity index is 1010. The molecule has 3 aromatic rings. The van der Waals surface area contributed by atoms with Crippen LogP contribution in [0, 0.1) is 0 Å². The van der Waals surface area contributed by atoms with Gasteiger partial charge in [0.05, 0.1) is 11.6 Å². The van der Waals surface area contributed by atoms with E-state index in [1.54, 1.807) is 6.07 Å². The first-order valence-electron chi connectivity index (χ1n) is 10.4. The van der Waals surface area contributed by atoms with Gasteiger partial charge in [0.2, 0.25) is 11.8 Å². The summed E-state index contributed by atoms with van der Waals surface area (Å²) >= 11 is 0. The molecule has 31 heavy (non-hydrogen) atoms. The van der Waals surface area contributed by atoms with Gasteiger partial charge in [-0.25, -0.2) is 0 Å². The van der Waals surface area contributed by atoms with Crippen LogP contribution >= 0.6 is 0 Å². The third-order valence-corrected chi connectivity index (χ3v) is 5.00. The average Bonchev–Trinajstić information content (AvgIpc) is 2.80. The summed E-state index contributed by atoms with van der Waals surface area (Å²) < 4.78 is 0. The molecule has 2 atom stereocenters. The first kappa shape index (κ1) is 22.3. The van der Waals surface area contributed by atoms with E-state index in [1.807, 2.05) is 54.6 Å². The predicted molar refractivity (Wildman–Crippen MR) is 121 cm³/mol. The number of aryl methyl sites for hydroxylation is 1. The Morgan fingerprint density at radius 1 is 0.935 bits per heavy atom. The number of rotatable bonds is 10. The molecule has 0 fully saturated rings. The second-order valence-corrected chi connectivity index (χ2v) is 7.40. The van der Waals surface area contributed by atoms with Gasteiger partial charge in [-0.15, -0.1) is 10.2 Å². The highest BCUT2D eigenvalue weighted by atomic mass is 16.2. The van der Waals surface area contributed by atoms with Gasteiger partial charge in [-0.2, -0.15) is 0 Å². The highest BCUT2D eigenvalue weighted by Crippen LogP contribution is 2.14. The number of benzene rings is 2. The molecular formula is C23H28N6O2. The fourth-order valence-corrected chi connectivity index (χ4v) is 3.23. The van der Waals surface area contributed by atoms with Crippen LogP contribution < -0.4 is 22.1 Å². The van der Waals surface area contributed by atoms with Gasteiger partial charge >= 0.3 is 0 Å². The number of carbonyl (C=O) groups is 2. The van der Waals surface area contributed by atoms with Crippen LogP contribution in [0.2, 0.25) is 0 Å². The summed E-state index contributed by atoms with van der Waals surface area (Å²) in [7, 11) is 0. The van der Waals surface area contributed by atoms with Crippen molar-refractivity contribution in [1.82, 2.24) is 15.5 Å². The van der Waals surface area contributed by atoms with E-state index in [9.17, 15) is 9.59 Å². The maximum atomic E-state index is 13.0. The lowest BCUT2D eigenvalue weighted by molar-refractivity contribution is -0.127. The second kappa shape index (κ2) is 11.1. The van der Waals surface area contributed by atoms with E-state index in [0.717, 1.165) is 16.5 Å². The van der Waals surface area contributed by atoms with Crippen LogP contribution in [0.5, 0.6) is 0 Å². The molecule has 2 aromatic carbocycles. The molecule has 0 radical (unpaired) electrons. The van der Waals surface area contributed by atoms with Gasteiger partial charge in [-0.3, -0.25) is 9.59 Å². The van der Waals surface area contributed by atoms with E-state index in [0.29, 0.717) is 38.0 Å². The molecule has 2 amide bonds. The van der Waals surface area contributed by atoms with E-state index in [-0.39, 0.29) is 11.8 Å². The highest BCUT2D eigenvalue weighted by Gasteiger charge is 2.24. The van der Waals surface area contributed by atoms with Crippen molar-refractivity contribution in [2.45, 2.75) is 37.8 Å². The molecule has 162 valence electrons. The molecule has 3 rings (SSSR count). The summed E-state index contributed by atoms with van der Waals surface area (Å²) in [6.45, 7) is 0.458. The minimum Gasteiger partial charge on any atom is -0.343 e. The van der Waals surface area contributed by atoms with Crippen LogP contribution in [0.4, 0.5) is 5.82 Å². The zero-order valence-corrected chi connectivity index (χ0v) is 17.3. The van der Waals surface area contributed by atoms with Crippen LogP contribution in [0.15, 0.2) is 60.7 Å². The van der Waals surface area contributed by atoms with E-state index in [2.05, 4.69) is 20.8 Å². The Morgan fingerprint density at radius 3 is 2.45 bits per heavy atom. The molecule has 0 aliphatic heterocycles. The SMILES string of the molecule is NCCC[C@H](N)C(=O)N[C@H](CCc1ccccc1)C(=O)Nc1cc2ccccc2nn1. The first-order valence-corrected chi connectivity index (χ1v) is 10.4. The lowest BCUT2D eigenvalue weighted by Gasteiger charge is -2.20. The number of hydrogen-bond acceptors (Lipinski definition) is 6. The zero-order chi connectivity index (χ0) is 22.1. The van der Waals surface area contributed by atoms with Crippen LogP contribution in [0.25, 0.3) is 10.9 Å². The fourth-order valence-electron chi connectivity index (χ4n) is 3.23. The minimum absolute atomic E-state index is 0.329. The lowest BCUT2D eigenvalue weighted by Crippen LogP contribution is -2.50. The monoisotopic (exact) mass is 420 g/mol. The molecule has 0 bridgehead atoms. The van der Waals surface area contributed by atoms with Crippen molar-refractivity contribution < 1.29 is 9.59 Å². The van der Waals surface area contributed by atoms with Crippen molar-refractivity contribution in [1.29, 1.82) is 0 Å². The van der Waals surface area contributed by atoms with Crippen molar-refractivity contribution >= 4 is 28.5 Å². The molecule has 0 aliphatic carbocycles. The maximum absolute atomic E-state index is 13.0. The third-order valence-electron chi connectivity index (χ3n) is 5.00. The first-order chi connectivity index (χ1) is 15.1. The Hall–Kier alpha value is -3.36. The second-order valence-electron chi connectivity index (χ2n) is 7.40. The molecule has 8 heteroatoms. The number of carbonyl (C=O) groups excluding carboxylic acids is 2. The fraction of sp³-hybridized carbons (Fsp3) is 0.304. The molecule has 6 N–H and O–H groups in total. The highest BCUT2D eigenvalue weighted by molar-refractivity contribution is 5.98. The summed E-state index contributed by atoms with van der Waals surface area (Å²) in [5.41, 5.74) is 13.3. The summed E-state index contributed by atoms with van der Waals surface area (Å²) in [6.07, 6.45) is 2.15. The van der Waals surface area contributed by atoms with Crippen LogP contribution in [0.3, 0.4) is 0 Å². The summed E-state index contributed by atoms with van der Waals surface area (Å²) in [5, 5.41) is 14.6. The molecule has 0 unspecified atom stereocenters. The molecule has 8 nitrogen and oxygen atoms in total. The summed E-state index contributed by atoms with van der Waals surface area (Å²) in [5.74, 6) is -0.402. The Balaban J connectivity index is 1.71. The van der Waals surface area contributed by atoms with Crippen molar-refractivity contribution in [3.05, 3.63) is 66.2 Å². The average molecular weight is 421 g/mol. The van der Waals surface area contributed by atoms with Gasteiger partial charge in [0.15, 0.2) is 5.82 Å². The normalized spacial score (nSPS) is 12.8. The largest absolute Gasteiger partial charge is 0.343 e. The van der Waals surface area contributed by atoms with Gasteiger partial charge < -0.3 is 22.1 Å². The van der Waals surface area contributed by atoms with Gasteiger partial charge in [0.25, 0.3) is 0 Å². The number of anilines is 1.